The summed E-state index contributed by atoms with van der Waals surface area (Å²) in [4.78, 5) is 2.40. The fourth-order valence-electron chi connectivity index (χ4n) is 3.40. The first-order chi connectivity index (χ1) is 13.3. The molecule has 1 aliphatic rings. The zero-order valence-electron chi connectivity index (χ0n) is 16.9. The fourth-order valence-corrected chi connectivity index (χ4v) is 3.40. The molecule has 0 spiro atoms. The summed E-state index contributed by atoms with van der Waals surface area (Å²) in [5, 5.41) is 3.40. The first-order valence-corrected chi connectivity index (χ1v) is 9.26. The molecule has 29 heavy (non-hydrogen) atoms. The van der Waals surface area contributed by atoms with Crippen LogP contribution in [0.25, 0.3) is 0 Å². The lowest BCUT2D eigenvalue weighted by Gasteiger charge is -2.34. The number of methoxy groups -OCH3 is 2. The van der Waals surface area contributed by atoms with Crippen molar-refractivity contribution >= 4 is 24.8 Å². The van der Waals surface area contributed by atoms with E-state index in [2.05, 4.69) is 28.9 Å². The molecule has 1 saturated heterocycles. The zero-order chi connectivity index (χ0) is 19.1. The number of hydrogen-bond acceptors (Lipinski definition) is 5. The maximum absolute atomic E-state index is 6.21. The monoisotopic (exact) mass is 440 g/mol. The van der Waals surface area contributed by atoms with Crippen molar-refractivity contribution in [2.75, 3.05) is 40.4 Å². The molecule has 1 heterocycles. The third-order valence-corrected chi connectivity index (χ3v) is 4.84. The van der Waals surface area contributed by atoms with Gasteiger partial charge in [0.15, 0.2) is 11.5 Å². The highest BCUT2D eigenvalue weighted by molar-refractivity contribution is 5.85. The van der Waals surface area contributed by atoms with Crippen molar-refractivity contribution in [3.63, 3.8) is 0 Å². The van der Waals surface area contributed by atoms with Crippen LogP contribution in [0.4, 0.5) is 0 Å². The second-order valence-corrected chi connectivity index (χ2v) is 6.49. The molecule has 1 fully saturated rings. The van der Waals surface area contributed by atoms with Gasteiger partial charge < -0.3 is 19.5 Å². The largest absolute Gasteiger partial charge is 0.493 e. The lowest BCUT2D eigenvalue weighted by molar-refractivity contribution is 0.197. The van der Waals surface area contributed by atoms with Gasteiger partial charge in [-0.05, 0) is 11.6 Å². The average molecular weight is 441 g/mol. The second kappa shape index (κ2) is 12.6. The van der Waals surface area contributed by atoms with Gasteiger partial charge in [0, 0.05) is 37.8 Å². The van der Waals surface area contributed by atoms with E-state index in [-0.39, 0.29) is 30.9 Å². The van der Waals surface area contributed by atoms with Gasteiger partial charge in [-0.3, -0.25) is 4.90 Å². The first-order valence-electron chi connectivity index (χ1n) is 9.26. The summed E-state index contributed by atoms with van der Waals surface area (Å²) >= 11 is 0. The normalized spacial score (nSPS) is 14.7. The third-order valence-electron chi connectivity index (χ3n) is 4.84. The third kappa shape index (κ3) is 6.28. The molecule has 0 amide bonds. The topological polar surface area (TPSA) is 43.0 Å². The Hall–Kier alpha value is -1.92. The van der Waals surface area contributed by atoms with Crippen LogP contribution in [0.3, 0.4) is 0 Å². The van der Waals surface area contributed by atoms with Gasteiger partial charge in [0.25, 0.3) is 0 Å². The predicted octanol–water partition coefficient (Wildman–Crippen LogP) is 4.26. The molecule has 1 aliphatic heterocycles. The molecule has 7 heteroatoms. The summed E-state index contributed by atoms with van der Waals surface area (Å²) in [5.74, 6) is 2.15. The maximum Gasteiger partial charge on any atom is 0.164 e. The summed E-state index contributed by atoms with van der Waals surface area (Å²) in [7, 11) is 3.29. The van der Waals surface area contributed by atoms with Crippen LogP contribution >= 0.6 is 24.8 Å². The molecule has 0 radical (unpaired) electrons. The lowest BCUT2D eigenvalue weighted by atomic mass is 10.0. The number of hydrogen-bond donors (Lipinski definition) is 1. The van der Waals surface area contributed by atoms with Crippen molar-refractivity contribution < 1.29 is 14.2 Å². The van der Waals surface area contributed by atoms with Gasteiger partial charge in [-0.15, -0.1) is 31.4 Å². The Balaban J connectivity index is 0.00000210. The van der Waals surface area contributed by atoms with E-state index in [4.69, 9.17) is 14.2 Å². The van der Waals surface area contributed by atoms with E-state index in [1.54, 1.807) is 14.2 Å². The Morgan fingerprint density at radius 2 is 1.62 bits per heavy atom. The molecular weight excluding hydrogens is 411 g/mol. The van der Waals surface area contributed by atoms with E-state index in [0.717, 1.165) is 43.1 Å². The van der Waals surface area contributed by atoms with Crippen LogP contribution in [-0.4, -0.2) is 45.3 Å². The number of nitrogens with zero attached hydrogens (tertiary/aromatic N) is 1. The molecule has 1 atom stereocenters. The maximum atomic E-state index is 6.21. The van der Waals surface area contributed by atoms with E-state index in [0.29, 0.717) is 18.1 Å². The summed E-state index contributed by atoms with van der Waals surface area (Å²) in [5.41, 5.74) is 2.16. The summed E-state index contributed by atoms with van der Waals surface area (Å²) in [6, 6.07) is 14.1. The van der Waals surface area contributed by atoms with Gasteiger partial charge in [0.05, 0.1) is 20.3 Å². The van der Waals surface area contributed by atoms with E-state index in [9.17, 15) is 0 Å². The van der Waals surface area contributed by atoms with E-state index in [1.807, 2.05) is 36.4 Å². The van der Waals surface area contributed by atoms with Crippen molar-refractivity contribution in [1.29, 1.82) is 0 Å². The molecule has 0 bridgehead atoms. The van der Waals surface area contributed by atoms with Gasteiger partial charge in [-0.25, -0.2) is 0 Å². The van der Waals surface area contributed by atoms with Crippen LogP contribution in [0, 0.1) is 0 Å². The van der Waals surface area contributed by atoms with Crippen LogP contribution < -0.4 is 19.5 Å². The molecule has 2 aromatic rings. The Morgan fingerprint density at radius 3 is 2.21 bits per heavy atom. The minimum Gasteiger partial charge on any atom is -0.493 e. The van der Waals surface area contributed by atoms with Crippen molar-refractivity contribution in [3.8, 4) is 17.2 Å². The molecule has 160 valence electrons. The Kier molecular flexibility index (Phi) is 10.9. The van der Waals surface area contributed by atoms with Crippen molar-refractivity contribution in [2.24, 2.45) is 0 Å². The van der Waals surface area contributed by atoms with Gasteiger partial charge in [0.2, 0.25) is 0 Å². The van der Waals surface area contributed by atoms with Crippen LogP contribution in [0.5, 0.6) is 17.2 Å². The van der Waals surface area contributed by atoms with Gasteiger partial charge in [0.1, 0.15) is 12.4 Å². The van der Waals surface area contributed by atoms with Crippen LogP contribution in [0.2, 0.25) is 0 Å². The standard InChI is InChI=1S/C22H28N2O3.2ClH/c1-4-19(24-12-10-23-11-13-24)18-14-21(25-2)22(26-3)15-20(18)27-16-17-8-6-5-7-9-17;;/h4-9,14-15,19,23H,1,10-13,16H2,2-3H3;2*1H/t19-;;/m0../s1. The quantitative estimate of drug-likeness (QED) is 0.621. The number of ether oxygens (including phenoxy) is 3. The highest BCUT2D eigenvalue weighted by Crippen LogP contribution is 2.40. The van der Waals surface area contributed by atoms with Crippen molar-refractivity contribution in [1.82, 2.24) is 10.2 Å². The first kappa shape index (κ1) is 25.1. The van der Waals surface area contributed by atoms with Crippen LogP contribution in [0.15, 0.2) is 55.1 Å². The molecule has 2 aromatic carbocycles. The second-order valence-electron chi connectivity index (χ2n) is 6.49. The van der Waals surface area contributed by atoms with Crippen molar-refractivity contribution in [2.45, 2.75) is 12.6 Å². The Bertz CT molecular complexity index is 753. The highest BCUT2D eigenvalue weighted by Gasteiger charge is 2.24. The summed E-state index contributed by atoms with van der Waals surface area (Å²) < 4.78 is 17.2. The minimum absolute atomic E-state index is 0. The number of benzene rings is 2. The smallest absolute Gasteiger partial charge is 0.164 e. The van der Waals surface area contributed by atoms with E-state index in [1.165, 1.54) is 0 Å². The van der Waals surface area contributed by atoms with Gasteiger partial charge in [-0.2, -0.15) is 0 Å². The molecule has 0 saturated carbocycles. The van der Waals surface area contributed by atoms with Crippen LogP contribution in [-0.2, 0) is 6.61 Å². The summed E-state index contributed by atoms with van der Waals surface area (Å²) in [6.45, 7) is 8.44. The van der Waals surface area contributed by atoms with Crippen molar-refractivity contribution in [3.05, 3.63) is 66.2 Å². The van der Waals surface area contributed by atoms with E-state index >= 15 is 0 Å². The molecule has 3 rings (SSSR count). The number of nitrogens with one attached hydrogen (secondary N) is 1. The number of piperazine rings is 1. The van der Waals surface area contributed by atoms with Gasteiger partial charge in [-0.1, -0.05) is 36.4 Å². The Labute approximate surface area is 185 Å². The number of rotatable bonds is 8. The zero-order valence-corrected chi connectivity index (χ0v) is 18.6. The molecular formula is C22H30Cl2N2O3. The number of halogens is 2. The minimum atomic E-state index is 0. The SMILES string of the molecule is C=C[C@@H](c1cc(OC)c(OC)cc1OCc1ccccc1)N1CCNCC1.Cl.Cl. The molecule has 0 aliphatic carbocycles. The molecule has 0 aromatic heterocycles. The molecule has 5 nitrogen and oxygen atoms in total. The molecule has 1 N–H and O–H groups in total. The highest BCUT2D eigenvalue weighted by atomic mass is 35.5. The summed E-state index contributed by atoms with van der Waals surface area (Å²) in [6.07, 6.45) is 1.97. The van der Waals surface area contributed by atoms with Crippen LogP contribution in [0.1, 0.15) is 17.2 Å². The Morgan fingerprint density at radius 1 is 1.00 bits per heavy atom. The predicted molar refractivity (Wildman–Crippen MR) is 122 cm³/mol. The fraction of sp³-hybridized carbons (Fsp3) is 0.364. The average Bonchev–Trinajstić information content (AvgIpc) is 2.74. The molecule has 0 unspecified atom stereocenters. The lowest BCUT2D eigenvalue weighted by Crippen LogP contribution is -2.44. The van der Waals surface area contributed by atoms with Gasteiger partial charge >= 0.3 is 0 Å². The van der Waals surface area contributed by atoms with E-state index < -0.39 is 0 Å².